The van der Waals surface area contributed by atoms with Gasteiger partial charge in [0.05, 0.1) is 6.61 Å². The lowest BCUT2D eigenvalue weighted by atomic mass is 10.1. The summed E-state index contributed by atoms with van der Waals surface area (Å²) < 4.78 is 11.4. The van der Waals surface area contributed by atoms with Crippen LogP contribution in [-0.2, 0) is 4.79 Å². The van der Waals surface area contributed by atoms with Gasteiger partial charge in [-0.1, -0.05) is 17.7 Å². The van der Waals surface area contributed by atoms with Crippen LogP contribution < -0.4 is 9.47 Å². The van der Waals surface area contributed by atoms with Crippen molar-refractivity contribution in [3.05, 3.63) is 58.6 Å². The number of benzene rings is 2. The molecule has 0 atom stereocenters. The Hall–Kier alpha value is -2.24. The third kappa shape index (κ3) is 6.94. The van der Waals surface area contributed by atoms with Crippen LogP contribution >= 0.6 is 11.6 Å². The molecule has 1 saturated heterocycles. The smallest absolute Gasteiger partial charge is 0.260 e. The number of halogens is 1. The van der Waals surface area contributed by atoms with Crippen LogP contribution in [0.4, 0.5) is 0 Å². The van der Waals surface area contributed by atoms with Crippen LogP contribution in [0.3, 0.4) is 0 Å². The molecular formula is C23H29ClN2O3. The number of piperazine rings is 1. The second-order valence-corrected chi connectivity index (χ2v) is 7.93. The van der Waals surface area contributed by atoms with Gasteiger partial charge in [-0.05, 0) is 67.8 Å². The number of amides is 1. The number of aryl methyl sites for hydroxylation is 2. The van der Waals surface area contributed by atoms with Crippen molar-refractivity contribution in [2.75, 3.05) is 45.9 Å². The maximum atomic E-state index is 12.4. The average molecular weight is 417 g/mol. The van der Waals surface area contributed by atoms with Gasteiger partial charge in [0.1, 0.15) is 11.5 Å². The molecule has 3 rings (SSSR count). The molecule has 0 bridgehead atoms. The Morgan fingerprint density at radius 2 is 1.59 bits per heavy atom. The number of hydrogen-bond acceptors (Lipinski definition) is 4. The van der Waals surface area contributed by atoms with Crippen molar-refractivity contribution >= 4 is 17.5 Å². The van der Waals surface area contributed by atoms with E-state index in [2.05, 4.69) is 11.0 Å². The van der Waals surface area contributed by atoms with Gasteiger partial charge in [-0.2, -0.15) is 0 Å². The Morgan fingerprint density at radius 1 is 0.931 bits per heavy atom. The van der Waals surface area contributed by atoms with Gasteiger partial charge in [0.2, 0.25) is 0 Å². The zero-order chi connectivity index (χ0) is 20.6. The molecule has 1 aliphatic heterocycles. The summed E-state index contributed by atoms with van der Waals surface area (Å²) in [6.07, 6.45) is 0.951. The second-order valence-electron chi connectivity index (χ2n) is 7.49. The fourth-order valence-corrected chi connectivity index (χ4v) is 3.61. The number of ether oxygens (including phenoxy) is 2. The minimum atomic E-state index is 0.0508. The van der Waals surface area contributed by atoms with E-state index in [0.717, 1.165) is 61.8 Å². The molecule has 1 aliphatic rings. The molecule has 156 valence electrons. The van der Waals surface area contributed by atoms with Crippen LogP contribution in [0.15, 0.2) is 42.5 Å². The van der Waals surface area contributed by atoms with Crippen LogP contribution in [0.2, 0.25) is 5.02 Å². The summed E-state index contributed by atoms with van der Waals surface area (Å²) in [5, 5.41) is 0.712. The zero-order valence-corrected chi connectivity index (χ0v) is 18.0. The highest BCUT2D eigenvalue weighted by molar-refractivity contribution is 6.30. The SMILES string of the molecule is Cc1cc(C)cc(OCC(=O)N2CCN(CCCOc3ccc(Cl)cc3)CC2)c1. The highest BCUT2D eigenvalue weighted by Crippen LogP contribution is 2.17. The Balaban J connectivity index is 1.32. The monoisotopic (exact) mass is 416 g/mol. The number of nitrogens with zero attached hydrogens (tertiary/aromatic N) is 2. The average Bonchev–Trinajstić information content (AvgIpc) is 2.70. The minimum Gasteiger partial charge on any atom is -0.494 e. The van der Waals surface area contributed by atoms with Crippen LogP contribution in [-0.4, -0.2) is 61.6 Å². The summed E-state index contributed by atoms with van der Waals surface area (Å²) in [7, 11) is 0. The molecule has 1 fully saturated rings. The molecule has 2 aromatic rings. The van der Waals surface area contributed by atoms with E-state index in [9.17, 15) is 4.79 Å². The Kier molecular flexibility index (Phi) is 7.78. The van der Waals surface area contributed by atoms with Crippen molar-refractivity contribution in [2.24, 2.45) is 0 Å². The predicted octanol–water partition coefficient (Wildman–Crippen LogP) is 3.95. The molecule has 5 nitrogen and oxygen atoms in total. The van der Waals surface area contributed by atoms with E-state index in [4.69, 9.17) is 21.1 Å². The summed E-state index contributed by atoms with van der Waals surface area (Å²) >= 11 is 5.87. The molecule has 1 heterocycles. The third-order valence-electron chi connectivity index (χ3n) is 4.98. The van der Waals surface area contributed by atoms with Crippen LogP contribution in [0, 0.1) is 13.8 Å². The zero-order valence-electron chi connectivity index (χ0n) is 17.2. The highest BCUT2D eigenvalue weighted by atomic mass is 35.5. The molecule has 6 heteroatoms. The first-order valence-electron chi connectivity index (χ1n) is 10.1. The van der Waals surface area contributed by atoms with Gasteiger partial charge in [0.15, 0.2) is 6.61 Å². The second kappa shape index (κ2) is 10.5. The van der Waals surface area contributed by atoms with Crippen molar-refractivity contribution in [1.29, 1.82) is 0 Å². The Labute approximate surface area is 178 Å². The molecule has 29 heavy (non-hydrogen) atoms. The van der Waals surface area contributed by atoms with E-state index in [1.54, 1.807) is 0 Å². The first-order valence-corrected chi connectivity index (χ1v) is 10.5. The number of carbonyl (C=O) groups excluding carboxylic acids is 1. The maximum Gasteiger partial charge on any atom is 0.260 e. The van der Waals surface area contributed by atoms with Gasteiger partial charge in [0.25, 0.3) is 5.91 Å². The van der Waals surface area contributed by atoms with Crippen molar-refractivity contribution in [3.8, 4) is 11.5 Å². The fourth-order valence-electron chi connectivity index (χ4n) is 3.48. The number of rotatable bonds is 8. The maximum absolute atomic E-state index is 12.4. The summed E-state index contributed by atoms with van der Waals surface area (Å²) in [5.41, 5.74) is 2.28. The molecule has 0 N–H and O–H groups in total. The van der Waals surface area contributed by atoms with Crippen LogP contribution in [0.25, 0.3) is 0 Å². The van der Waals surface area contributed by atoms with Gasteiger partial charge in [0, 0.05) is 37.7 Å². The van der Waals surface area contributed by atoms with Gasteiger partial charge in [-0.3, -0.25) is 9.69 Å². The molecular weight excluding hydrogens is 388 g/mol. The molecule has 0 unspecified atom stereocenters. The molecule has 0 radical (unpaired) electrons. The van der Waals surface area contributed by atoms with Crippen LogP contribution in [0.1, 0.15) is 17.5 Å². The quantitative estimate of drug-likeness (QED) is 0.611. The summed E-state index contributed by atoms with van der Waals surface area (Å²) in [5.74, 6) is 1.65. The molecule has 1 amide bonds. The Morgan fingerprint density at radius 3 is 2.24 bits per heavy atom. The summed E-state index contributed by atoms with van der Waals surface area (Å²) in [6, 6.07) is 13.4. The third-order valence-corrected chi connectivity index (χ3v) is 5.24. The lowest BCUT2D eigenvalue weighted by molar-refractivity contribution is -0.135. The van der Waals surface area contributed by atoms with Crippen molar-refractivity contribution < 1.29 is 14.3 Å². The van der Waals surface area contributed by atoms with Crippen molar-refractivity contribution in [1.82, 2.24) is 9.80 Å². The topological polar surface area (TPSA) is 42.0 Å². The predicted molar refractivity (Wildman–Crippen MR) is 116 cm³/mol. The van der Waals surface area contributed by atoms with Gasteiger partial charge >= 0.3 is 0 Å². The van der Waals surface area contributed by atoms with E-state index in [1.807, 2.05) is 55.1 Å². The summed E-state index contributed by atoms with van der Waals surface area (Å²) in [6.45, 7) is 9.05. The van der Waals surface area contributed by atoms with E-state index >= 15 is 0 Å². The fraction of sp³-hybridized carbons (Fsp3) is 0.435. The van der Waals surface area contributed by atoms with Crippen molar-refractivity contribution in [2.45, 2.75) is 20.3 Å². The van der Waals surface area contributed by atoms with Gasteiger partial charge in [-0.15, -0.1) is 0 Å². The van der Waals surface area contributed by atoms with Gasteiger partial charge < -0.3 is 14.4 Å². The first-order chi connectivity index (χ1) is 14.0. The van der Waals surface area contributed by atoms with Gasteiger partial charge in [-0.25, -0.2) is 0 Å². The largest absolute Gasteiger partial charge is 0.494 e. The highest BCUT2D eigenvalue weighted by Gasteiger charge is 2.21. The first kappa shape index (κ1) is 21.5. The molecule has 0 saturated carbocycles. The Bertz CT molecular complexity index is 782. The van der Waals surface area contributed by atoms with Crippen LogP contribution in [0.5, 0.6) is 11.5 Å². The molecule has 0 spiro atoms. The molecule has 2 aromatic carbocycles. The standard InChI is InChI=1S/C23H29ClN2O3/c1-18-14-19(2)16-22(15-18)29-17-23(27)26-11-9-25(10-12-26)8-3-13-28-21-6-4-20(24)5-7-21/h4-7,14-16H,3,8-13,17H2,1-2H3. The van der Waals surface area contributed by atoms with Crippen molar-refractivity contribution in [3.63, 3.8) is 0 Å². The lowest BCUT2D eigenvalue weighted by Crippen LogP contribution is -2.50. The number of carbonyl (C=O) groups is 1. The molecule has 0 aliphatic carbocycles. The number of hydrogen-bond donors (Lipinski definition) is 0. The van der Waals surface area contributed by atoms with E-state index in [0.29, 0.717) is 11.6 Å². The lowest BCUT2D eigenvalue weighted by Gasteiger charge is -2.34. The minimum absolute atomic E-state index is 0.0508. The van der Waals surface area contributed by atoms with E-state index in [1.165, 1.54) is 0 Å². The molecule has 0 aromatic heterocycles. The van der Waals surface area contributed by atoms with E-state index < -0.39 is 0 Å². The van der Waals surface area contributed by atoms with E-state index in [-0.39, 0.29) is 12.5 Å². The normalized spacial score (nSPS) is 14.7. The summed E-state index contributed by atoms with van der Waals surface area (Å²) in [4.78, 5) is 16.7.